The molecule has 0 aromatic heterocycles. The summed E-state index contributed by atoms with van der Waals surface area (Å²) in [5.74, 6) is 0.682. The minimum atomic E-state index is -0.186. The standard InChI is InChI=1S/C24H24N2O3S/c1-18-11-13-19(14-12-18)26-23(27)17-30-22-10-6-5-9-21(22)24(28)25-15-16-29-20-7-3-2-4-8-20/h2-14H,15-17H2,1H3,(H,25,28)(H,26,27). The Morgan fingerprint density at radius 3 is 2.37 bits per heavy atom. The molecule has 0 fully saturated rings. The molecule has 30 heavy (non-hydrogen) atoms. The van der Waals surface area contributed by atoms with Crippen molar-refractivity contribution in [1.82, 2.24) is 5.32 Å². The Bertz CT molecular complexity index is 975. The number of hydrogen-bond acceptors (Lipinski definition) is 4. The topological polar surface area (TPSA) is 67.4 Å². The number of benzene rings is 3. The first kappa shape index (κ1) is 21.5. The summed E-state index contributed by atoms with van der Waals surface area (Å²) in [6.07, 6.45) is 0. The van der Waals surface area contributed by atoms with E-state index in [1.54, 1.807) is 6.07 Å². The van der Waals surface area contributed by atoms with Crippen molar-refractivity contribution < 1.29 is 14.3 Å². The quantitative estimate of drug-likeness (QED) is 0.394. The fraction of sp³-hybridized carbons (Fsp3) is 0.167. The Kier molecular flexibility index (Phi) is 7.92. The molecule has 0 bridgehead atoms. The van der Waals surface area contributed by atoms with E-state index in [9.17, 15) is 9.59 Å². The van der Waals surface area contributed by atoms with Gasteiger partial charge in [-0.2, -0.15) is 0 Å². The number of anilines is 1. The normalized spacial score (nSPS) is 10.3. The largest absolute Gasteiger partial charge is 0.492 e. The van der Waals surface area contributed by atoms with Crippen molar-refractivity contribution in [3.05, 3.63) is 90.0 Å². The molecular formula is C24H24N2O3S. The van der Waals surface area contributed by atoms with E-state index < -0.39 is 0 Å². The molecule has 154 valence electrons. The number of aryl methyl sites for hydroxylation is 1. The summed E-state index contributed by atoms with van der Waals surface area (Å²) < 4.78 is 5.59. The monoisotopic (exact) mass is 420 g/mol. The van der Waals surface area contributed by atoms with E-state index in [2.05, 4.69) is 10.6 Å². The molecular weight excluding hydrogens is 396 g/mol. The average Bonchev–Trinajstić information content (AvgIpc) is 2.77. The highest BCUT2D eigenvalue weighted by molar-refractivity contribution is 8.00. The van der Waals surface area contributed by atoms with Crippen molar-refractivity contribution in [2.45, 2.75) is 11.8 Å². The van der Waals surface area contributed by atoms with Crippen LogP contribution in [0.4, 0.5) is 5.69 Å². The van der Waals surface area contributed by atoms with Gasteiger partial charge >= 0.3 is 0 Å². The van der Waals surface area contributed by atoms with Gasteiger partial charge in [-0.3, -0.25) is 9.59 Å². The second kappa shape index (κ2) is 11.1. The lowest BCUT2D eigenvalue weighted by Crippen LogP contribution is -2.28. The molecule has 0 spiro atoms. The first-order chi connectivity index (χ1) is 14.6. The highest BCUT2D eigenvalue weighted by atomic mass is 32.2. The van der Waals surface area contributed by atoms with Gasteiger partial charge in [-0.1, -0.05) is 48.0 Å². The van der Waals surface area contributed by atoms with Crippen molar-refractivity contribution in [1.29, 1.82) is 0 Å². The van der Waals surface area contributed by atoms with Gasteiger partial charge in [-0.05, 0) is 43.3 Å². The lowest BCUT2D eigenvalue weighted by molar-refractivity contribution is -0.113. The summed E-state index contributed by atoms with van der Waals surface area (Å²) >= 11 is 1.34. The number of ether oxygens (including phenoxy) is 1. The Morgan fingerprint density at radius 2 is 1.60 bits per heavy atom. The van der Waals surface area contributed by atoms with Gasteiger partial charge in [0, 0.05) is 10.6 Å². The Balaban J connectivity index is 1.48. The van der Waals surface area contributed by atoms with Crippen molar-refractivity contribution in [2.24, 2.45) is 0 Å². The van der Waals surface area contributed by atoms with Crippen LogP contribution in [0.1, 0.15) is 15.9 Å². The van der Waals surface area contributed by atoms with Crippen LogP contribution in [0.25, 0.3) is 0 Å². The lowest BCUT2D eigenvalue weighted by Gasteiger charge is -2.11. The zero-order valence-electron chi connectivity index (χ0n) is 16.8. The van der Waals surface area contributed by atoms with Crippen molar-refractivity contribution >= 4 is 29.3 Å². The van der Waals surface area contributed by atoms with Gasteiger partial charge in [0.2, 0.25) is 5.91 Å². The van der Waals surface area contributed by atoms with Crippen LogP contribution in [0.5, 0.6) is 5.75 Å². The summed E-state index contributed by atoms with van der Waals surface area (Å²) in [6, 6.07) is 24.4. The van der Waals surface area contributed by atoms with Crippen molar-refractivity contribution in [2.75, 3.05) is 24.2 Å². The fourth-order valence-corrected chi connectivity index (χ4v) is 3.55. The smallest absolute Gasteiger partial charge is 0.252 e. The number of hydrogen-bond donors (Lipinski definition) is 2. The minimum absolute atomic E-state index is 0.115. The number of carbonyl (C=O) groups excluding carboxylic acids is 2. The summed E-state index contributed by atoms with van der Waals surface area (Å²) in [5.41, 5.74) is 2.44. The molecule has 0 aliphatic rings. The first-order valence-corrected chi connectivity index (χ1v) is 10.6. The Morgan fingerprint density at radius 1 is 0.900 bits per heavy atom. The number of nitrogens with one attached hydrogen (secondary N) is 2. The zero-order chi connectivity index (χ0) is 21.2. The molecule has 0 radical (unpaired) electrons. The Hall–Kier alpha value is -3.25. The molecule has 2 amide bonds. The number of thioether (sulfide) groups is 1. The summed E-state index contributed by atoms with van der Waals surface area (Å²) in [6.45, 7) is 2.77. The third kappa shape index (κ3) is 6.67. The summed E-state index contributed by atoms with van der Waals surface area (Å²) in [5, 5.41) is 5.73. The van der Waals surface area contributed by atoms with Gasteiger partial charge in [0.15, 0.2) is 0 Å². The predicted molar refractivity (Wildman–Crippen MR) is 121 cm³/mol. The van der Waals surface area contributed by atoms with E-state index in [-0.39, 0.29) is 17.6 Å². The molecule has 0 heterocycles. The molecule has 0 saturated carbocycles. The highest BCUT2D eigenvalue weighted by Gasteiger charge is 2.12. The summed E-state index contributed by atoms with van der Waals surface area (Å²) in [7, 11) is 0. The zero-order valence-corrected chi connectivity index (χ0v) is 17.6. The van der Waals surface area contributed by atoms with Gasteiger partial charge in [-0.25, -0.2) is 0 Å². The number of carbonyl (C=O) groups is 2. The molecule has 6 heteroatoms. The van der Waals surface area contributed by atoms with Gasteiger partial charge in [0.05, 0.1) is 17.9 Å². The van der Waals surface area contributed by atoms with E-state index in [1.807, 2.05) is 79.7 Å². The number of rotatable bonds is 9. The highest BCUT2D eigenvalue weighted by Crippen LogP contribution is 2.23. The van der Waals surface area contributed by atoms with E-state index >= 15 is 0 Å². The van der Waals surface area contributed by atoms with Crippen LogP contribution in [0, 0.1) is 6.92 Å². The van der Waals surface area contributed by atoms with Gasteiger partial charge < -0.3 is 15.4 Å². The van der Waals surface area contributed by atoms with E-state index in [0.717, 1.165) is 21.9 Å². The maximum Gasteiger partial charge on any atom is 0.252 e. The second-order valence-electron chi connectivity index (χ2n) is 6.62. The molecule has 0 saturated heterocycles. The first-order valence-electron chi connectivity index (χ1n) is 9.66. The van der Waals surface area contributed by atoms with Gasteiger partial charge in [-0.15, -0.1) is 11.8 Å². The molecule has 3 aromatic rings. The summed E-state index contributed by atoms with van der Waals surface area (Å²) in [4.78, 5) is 25.6. The second-order valence-corrected chi connectivity index (χ2v) is 7.63. The third-order valence-electron chi connectivity index (χ3n) is 4.23. The van der Waals surface area contributed by atoms with Crippen molar-refractivity contribution in [3.63, 3.8) is 0 Å². The number of amides is 2. The molecule has 0 aliphatic carbocycles. The molecule has 0 atom stereocenters. The molecule has 0 aliphatic heterocycles. The van der Waals surface area contributed by atoms with Gasteiger partial charge in [0.1, 0.15) is 12.4 Å². The number of para-hydroxylation sites is 1. The molecule has 3 rings (SSSR count). The SMILES string of the molecule is Cc1ccc(NC(=O)CSc2ccccc2C(=O)NCCOc2ccccc2)cc1. The Labute approximate surface area is 180 Å². The third-order valence-corrected chi connectivity index (χ3v) is 5.30. The van der Waals surface area contributed by atoms with E-state index in [0.29, 0.717) is 18.7 Å². The average molecular weight is 421 g/mol. The minimum Gasteiger partial charge on any atom is -0.492 e. The molecule has 3 aromatic carbocycles. The predicted octanol–water partition coefficient (Wildman–Crippen LogP) is 4.53. The van der Waals surface area contributed by atoms with Crippen LogP contribution >= 0.6 is 11.8 Å². The maximum atomic E-state index is 12.6. The maximum absolute atomic E-state index is 12.6. The van der Waals surface area contributed by atoms with E-state index in [1.165, 1.54) is 11.8 Å². The van der Waals surface area contributed by atoms with Crippen molar-refractivity contribution in [3.8, 4) is 5.75 Å². The van der Waals surface area contributed by atoms with Gasteiger partial charge in [0.25, 0.3) is 5.91 Å². The molecule has 0 unspecified atom stereocenters. The van der Waals surface area contributed by atoms with E-state index in [4.69, 9.17) is 4.74 Å². The fourth-order valence-electron chi connectivity index (χ4n) is 2.70. The van der Waals surface area contributed by atoms with Crippen LogP contribution in [-0.2, 0) is 4.79 Å². The van der Waals surface area contributed by atoms with Crippen LogP contribution in [-0.4, -0.2) is 30.7 Å². The van der Waals surface area contributed by atoms with Crippen LogP contribution in [0.15, 0.2) is 83.8 Å². The molecule has 5 nitrogen and oxygen atoms in total. The van der Waals surface area contributed by atoms with Crippen LogP contribution < -0.4 is 15.4 Å². The lowest BCUT2D eigenvalue weighted by atomic mass is 10.2. The van der Waals surface area contributed by atoms with Crippen LogP contribution in [0.3, 0.4) is 0 Å². The van der Waals surface area contributed by atoms with Crippen LogP contribution in [0.2, 0.25) is 0 Å². The molecule has 2 N–H and O–H groups in total.